The first-order valence-corrected chi connectivity index (χ1v) is 7.07. The largest absolute Gasteiger partial charge is 0.352 e. The highest BCUT2D eigenvalue weighted by Gasteiger charge is 2.12. The maximum atomic E-state index is 4.03. The molecule has 0 aromatic carbocycles. The van der Waals surface area contributed by atoms with E-state index in [1.54, 1.807) is 11.3 Å². The van der Waals surface area contributed by atoms with Crippen LogP contribution in [0.5, 0.6) is 0 Å². The van der Waals surface area contributed by atoms with E-state index in [1.807, 2.05) is 0 Å². The van der Waals surface area contributed by atoms with E-state index in [1.165, 1.54) is 16.2 Å². The normalized spacial score (nSPS) is 12.7. The van der Waals surface area contributed by atoms with Crippen molar-refractivity contribution in [1.82, 2.24) is 10.2 Å². The molecule has 0 saturated heterocycles. The highest BCUT2D eigenvalue weighted by molar-refractivity contribution is 9.11. The van der Waals surface area contributed by atoms with Gasteiger partial charge in [0.15, 0.2) is 3.92 Å². The molecule has 2 aromatic heterocycles. The highest BCUT2D eigenvalue weighted by Crippen LogP contribution is 2.28. The van der Waals surface area contributed by atoms with Gasteiger partial charge in [-0.05, 0) is 33.8 Å². The zero-order chi connectivity index (χ0) is 10.7. The average molecular weight is 304 g/mol. The summed E-state index contributed by atoms with van der Waals surface area (Å²) in [6, 6.07) is 4.55. The Bertz CT molecular complexity index is 413. The van der Waals surface area contributed by atoms with Crippen LogP contribution in [-0.2, 0) is 0 Å². The summed E-state index contributed by atoms with van der Waals surface area (Å²) in [7, 11) is 0. The Kier molecular flexibility index (Phi) is 3.71. The lowest BCUT2D eigenvalue weighted by Crippen LogP contribution is -2.07. The van der Waals surface area contributed by atoms with Crippen LogP contribution in [0.4, 0.5) is 5.13 Å². The summed E-state index contributed by atoms with van der Waals surface area (Å²) >= 11 is 6.58. The zero-order valence-electron chi connectivity index (χ0n) is 8.11. The minimum absolute atomic E-state index is 0.338. The molecule has 2 rings (SSSR count). The molecule has 0 bridgehead atoms. The van der Waals surface area contributed by atoms with E-state index in [2.05, 4.69) is 55.9 Å². The molecule has 0 aliphatic heterocycles. The predicted molar refractivity (Wildman–Crippen MR) is 68.6 cm³/mol. The first-order valence-electron chi connectivity index (χ1n) is 4.58. The smallest absolute Gasteiger partial charge is 0.206 e. The van der Waals surface area contributed by atoms with E-state index in [0.717, 1.165) is 15.5 Å². The van der Waals surface area contributed by atoms with Gasteiger partial charge in [-0.25, -0.2) is 0 Å². The molecular weight excluding hydrogens is 294 g/mol. The van der Waals surface area contributed by atoms with Crippen LogP contribution in [0.2, 0.25) is 0 Å². The number of thiophene rings is 1. The molecule has 80 valence electrons. The number of nitrogens with zero attached hydrogens (tertiary/aromatic N) is 2. The summed E-state index contributed by atoms with van der Waals surface area (Å²) in [5, 5.41) is 14.3. The Morgan fingerprint density at radius 1 is 1.53 bits per heavy atom. The Morgan fingerprint density at radius 3 is 2.93 bits per heavy atom. The van der Waals surface area contributed by atoms with Crippen molar-refractivity contribution in [2.45, 2.75) is 19.4 Å². The summed E-state index contributed by atoms with van der Waals surface area (Å²) in [6.45, 7) is 2.16. The van der Waals surface area contributed by atoms with Crippen molar-refractivity contribution in [3.05, 3.63) is 26.3 Å². The lowest BCUT2D eigenvalue weighted by molar-refractivity contribution is 0.759. The summed E-state index contributed by atoms with van der Waals surface area (Å²) in [4.78, 5) is 1.34. The van der Waals surface area contributed by atoms with Crippen LogP contribution in [0.15, 0.2) is 21.4 Å². The van der Waals surface area contributed by atoms with Crippen LogP contribution in [0.1, 0.15) is 24.3 Å². The summed E-state index contributed by atoms with van der Waals surface area (Å²) in [5.41, 5.74) is 0. The Balaban J connectivity index is 2.09. The Hall–Kier alpha value is -0.460. The van der Waals surface area contributed by atoms with Gasteiger partial charge in [-0.2, -0.15) is 0 Å². The molecule has 2 aromatic rings. The van der Waals surface area contributed by atoms with Crippen LogP contribution in [0.3, 0.4) is 0 Å². The van der Waals surface area contributed by atoms with Crippen LogP contribution >= 0.6 is 38.6 Å². The Labute approximate surface area is 105 Å². The molecule has 0 amide bonds. The standard InChI is InChI=1S/C9H10BrN3S2/c1-2-6(7-4-3-5-14-7)11-9-13-12-8(10)15-9/h3-6H,2H2,1H3,(H,11,13). The predicted octanol–water partition coefficient (Wildman–Crippen LogP) is 3.93. The molecule has 1 unspecified atom stereocenters. The fourth-order valence-corrected chi connectivity index (χ4v) is 3.20. The van der Waals surface area contributed by atoms with Gasteiger partial charge in [0.1, 0.15) is 0 Å². The van der Waals surface area contributed by atoms with Crippen molar-refractivity contribution in [2.24, 2.45) is 0 Å². The van der Waals surface area contributed by atoms with E-state index < -0.39 is 0 Å². The number of hydrogen-bond acceptors (Lipinski definition) is 5. The molecule has 0 fully saturated rings. The molecule has 0 radical (unpaired) electrons. The Morgan fingerprint density at radius 2 is 2.40 bits per heavy atom. The molecule has 6 heteroatoms. The fraction of sp³-hybridized carbons (Fsp3) is 0.333. The van der Waals surface area contributed by atoms with Crippen molar-refractivity contribution in [3.8, 4) is 0 Å². The van der Waals surface area contributed by atoms with Gasteiger partial charge in [0, 0.05) is 4.88 Å². The summed E-state index contributed by atoms with van der Waals surface area (Å²) in [5.74, 6) is 0. The van der Waals surface area contributed by atoms with E-state index in [-0.39, 0.29) is 0 Å². The molecule has 1 atom stereocenters. The molecule has 3 nitrogen and oxygen atoms in total. The molecule has 0 saturated carbocycles. The lowest BCUT2D eigenvalue weighted by Gasteiger charge is -2.13. The van der Waals surface area contributed by atoms with Crippen LogP contribution in [-0.4, -0.2) is 10.2 Å². The SMILES string of the molecule is CCC(Nc1nnc(Br)s1)c1cccs1. The zero-order valence-corrected chi connectivity index (χ0v) is 11.3. The molecule has 0 spiro atoms. The van der Waals surface area contributed by atoms with Gasteiger partial charge in [-0.1, -0.05) is 24.3 Å². The van der Waals surface area contributed by atoms with Crippen molar-refractivity contribution in [2.75, 3.05) is 5.32 Å². The van der Waals surface area contributed by atoms with Gasteiger partial charge in [0.2, 0.25) is 5.13 Å². The molecular formula is C9H10BrN3S2. The third-order valence-electron chi connectivity index (χ3n) is 1.99. The third-order valence-corrected chi connectivity index (χ3v) is 4.27. The van der Waals surface area contributed by atoms with Gasteiger partial charge in [0.05, 0.1) is 6.04 Å². The van der Waals surface area contributed by atoms with Crippen molar-refractivity contribution >= 4 is 43.7 Å². The second-order valence-corrected chi connectivity index (χ2v) is 6.21. The van der Waals surface area contributed by atoms with Gasteiger partial charge >= 0.3 is 0 Å². The number of nitrogens with one attached hydrogen (secondary N) is 1. The topological polar surface area (TPSA) is 37.8 Å². The second-order valence-electron chi connectivity index (χ2n) is 2.98. The van der Waals surface area contributed by atoms with Crippen LogP contribution in [0.25, 0.3) is 0 Å². The molecule has 2 heterocycles. The van der Waals surface area contributed by atoms with Gasteiger partial charge in [-0.15, -0.1) is 21.5 Å². The molecule has 15 heavy (non-hydrogen) atoms. The first kappa shape index (κ1) is 11.0. The van der Waals surface area contributed by atoms with Gasteiger partial charge < -0.3 is 5.32 Å². The molecule has 0 aliphatic rings. The summed E-state index contributed by atoms with van der Waals surface area (Å²) < 4.78 is 0.811. The number of hydrogen-bond donors (Lipinski definition) is 1. The first-order chi connectivity index (χ1) is 7.29. The molecule has 1 N–H and O–H groups in total. The van der Waals surface area contributed by atoms with Crippen molar-refractivity contribution in [1.29, 1.82) is 0 Å². The number of anilines is 1. The minimum atomic E-state index is 0.338. The second kappa shape index (κ2) is 5.05. The quantitative estimate of drug-likeness (QED) is 0.930. The third kappa shape index (κ3) is 2.76. The lowest BCUT2D eigenvalue weighted by atomic mass is 10.2. The maximum absolute atomic E-state index is 4.03. The average Bonchev–Trinajstić information content (AvgIpc) is 2.85. The van der Waals surface area contributed by atoms with E-state index in [0.29, 0.717) is 6.04 Å². The van der Waals surface area contributed by atoms with Gasteiger partial charge in [-0.3, -0.25) is 0 Å². The monoisotopic (exact) mass is 303 g/mol. The van der Waals surface area contributed by atoms with Crippen molar-refractivity contribution < 1.29 is 0 Å². The van der Waals surface area contributed by atoms with E-state index in [4.69, 9.17) is 0 Å². The maximum Gasteiger partial charge on any atom is 0.206 e. The number of halogens is 1. The molecule has 0 aliphatic carbocycles. The highest BCUT2D eigenvalue weighted by atomic mass is 79.9. The van der Waals surface area contributed by atoms with Gasteiger partial charge in [0.25, 0.3) is 0 Å². The van der Waals surface area contributed by atoms with E-state index >= 15 is 0 Å². The minimum Gasteiger partial charge on any atom is -0.352 e. The summed E-state index contributed by atoms with van der Waals surface area (Å²) in [6.07, 6.45) is 1.04. The van der Waals surface area contributed by atoms with Crippen LogP contribution < -0.4 is 5.32 Å². The number of rotatable bonds is 4. The van der Waals surface area contributed by atoms with Crippen molar-refractivity contribution in [3.63, 3.8) is 0 Å². The fourth-order valence-electron chi connectivity index (χ4n) is 1.28. The van der Waals surface area contributed by atoms with Crippen LogP contribution in [0, 0.1) is 0 Å². The van der Waals surface area contributed by atoms with E-state index in [9.17, 15) is 0 Å². The number of aromatic nitrogens is 2.